The van der Waals surface area contributed by atoms with Crippen LogP contribution in [0.1, 0.15) is 17.2 Å². The average molecular weight is 443 g/mol. The summed E-state index contributed by atoms with van der Waals surface area (Å²) < 4.78 is 12.4. The van der Waals surface area contributed by atoms with E-state index in [1.54, 1.807) is 31.6 Å². The molecule has 5 rings (SSSR count). The molecule has 0 aliphatic carbocycles. The minimum absolute atomic E-state index is 0.201. The van der Waals surface area contributed by atoms with Gasteiger partial charge in [-0.1, -0.05) is 65.9 Å². The summed E-state index contributed by atoms with van der Waals surface area (Å²) in [5.41, 5.74) is 2.53. The number of rotatable bonds is 6. The lowest BCUT2D eigenvalue weighted by Crippen LogP contribution is -2.14. The summed E-state index contributed by atoms with van der Waals surface area (Å²) >= 11 is 1.57. The lowest BCUT2D eigenvalue weighted by Gasteiger charge is -2.24. The molecule has 1 heterocycles. The standard InChI is InChI=1S/C26H22N2O3S/c1-30-21-12-7-10-18(25(21)31-2)24(28-26-27-19-11-5-6-13-22(19)32-26)23-17-9-4-3-8-16(17)14-15-20(23)29/h3-15,24,29H,1-2H3,(H,27,28). The molecule has 6 heteroatoms. The first-order valence-electron chi connectivity index (χ1n) is 10.2. The molecule has 0 bridgehead atoms. The quantitative estimate of drug-likeness (QED) is 0.320. The first-order valence-corrected chi connectivity index (χ1v) is 11.0. The molecule has 1 aromatic heterocycles. The van der Waals surface area contributed by atoms with Crippen molar-refractivity contribution in [2.45, 2.75) is 6.04 Å². The number of anilines is 1. The maximum atomic E-state index is 11.0. The Morgan fingerprint density at radius 1 is 0.875 bits per heavy atom. The first kappa shape index (κ1) is 20.2. The molecule has 0 saturated heterocycles. The van der Waals surface area contributed by atoms with Gasteiger partial charge in [0.2, 0.25) is 0 Å². The number of hydrogen-bond acceptors (Lipinski definition) is 6. The maximum absolute atomic E-state index is 11.0. The number of methoxy groups -OCH3 is 2. The van der Waals surface area contributed by atoms with Gasteiger partial charge in [-0.25, -0.2) is 4.98 Å². The molecule has 0 spiro atoms. The summed E-state index contributed by atoms with van der Waals surface area (Å²) in [5, 5.41) is 17.3. The Morgan fingerprint density at radius 3 is 2.50 bits per heavy atom. The number of fused-ring (bicyclic) bond motifs is 2. The maximum Gasteiger partial charge on any atom is 0.184 e. The van der Waals surface area contributed by atoms with Crippen LogP contribution in [0.15, 0.2) is 78.9 Å². The van der Waals surface area contributed by atoms with Crippen molar-refractivity contribution in [3.8, 4) is 17.2 Å². The zero-order valence-electron chi connectivity index (χ0n) is 17.7. The molecule has 0 fully saturated rings. The molecule has 0 amide bonds. The number of phenols is 1. The van der Waals surface area contributed by atoms with Crippen LogP contribution in [0, 0.1) is 0 Å². The summed E-state index contributed by atoms with van der Waals surface area (Å²) in [7, 11) is 3.24. The van der Waals surface area contributed by atoms with E-state index >= 15 is 0 Å². The van der Waals surface area contributed by atoms with Crippen molar-refractivity contribution in [2.75, 3.05) is 19.5 Å². The lowest BCUT2D eigenvalue weighted by molar-refractivity contribution is 0.351. The third-order valence-electron chi connectivity index (χ3n) is 5.54. The van der Waals surface area contributed by atoms with E-state index in [9.17, 15) is 5.11 Å². The minimum atomic E-state index is -0.424. The van der Waals surface area contributed by atoms with E-state index in [1.807, 2.05) is 66.7 Å². The van der Waals surface area contributed by atoms with Crippen LogP contribution in [0.5, 0.6) is 17.2 Å². The second-order valence-corrected chi connectivity index (χ2v) is 8.40. The third kappa shape index (κ3) is 3.48. The van der Waals surface area contributed by atoms with Crippen LogP contribution >= 0.6 is 11.3 Å². The second-order valence-electron chi connectivity index (χ2n) is 7.37. The monoisotopic (exact) mass is 442 g/mol. The van der Waals surface area contributed by atoms with Crippen molar-refractivity contribution in [1.82, 2.24) is 4.98 Å². The molecule has 4 aromatic carbocycles. The van der Waals surface area contributed by atoms with Gasteiger partial charge in [-0.2, -0.15) is 0 Å². The van der Waals surface area contributed by atoms with Gasteiger partial charge in [0, 0.05) is 11.1 Å². The molecular formula is C26H22N2O3S. The Bertz CT molecular complexity index is 1380. The highest BCUT2D eigenvalue weighted by Crippen LogP contribution is 2.44. The number of hydrogen-bond donors (Lipinski definition) is 2. The number of aromatic hydroxyl groups is 1. The van der Waals surface area contributed by atoms with Crippen LogP contribution in [0.25, 0.3) is 21.0 Å². The molecule has 0 aliphatic heterocycles. The van der Waals surface area contributed by atoms with Gasteiger partial charge in [0.25, 0.3) is 0 Å². The Morgan fingerprint density at radius 2 is 1.69 bits per heavy atom. The topological polar surface area (TPSA) is 63.6 Å². The Labute approximate surface area is 189 Å². The van der Waals surface area contributed by atoms with Crippen molar-refractivity contribution >= 4 is 37.5 Å². The number of aromatic nitrogens is 1. The fourth-order valence-electron chi connectivity index (χ4n) is 4.09. The molecule has 0 aliphatic rings. The zero-order chi connectivity index (χ0) is 22.1. The number of phenolic OH excluding ortho intramolecular Hbond substituents is 1. The van der Waals surface area contributed by atoms with E-state index in [4.69, 9.17) is 14.5 Å². The van der Waals surface area contributed by atoms with Crippen LogP contribution < -0.4 is 14.8 Å². The van der Waals surface area contributed by atoms with E-state index in [0.29, 0.717) is 11.5 Å². The normalized spacial score (nSPS) is 12.1. The van der Waals surface area contributed by atoms with E-state index < -0.39 is 6.04 Å². The molecule has 1 atom stereocenters. The van der Waals surface area contributed by atoms with Gasteiger partial charge in [0.15, 0.2) is 16.6 Å². The van der Waals surface area contributed by atoms with Crippen molar-refractivity contribution in [3.63, 3.8) is 0 Å². The highest BCUT2D eigenvalue weighted by atomic mass is 32.1. The van der Waals surface area contributed by atoms with Gasteiger partial charge in [-0.3, -0.25) is 0 Å². The van der Waals surface area contributed by atoms with Gasteiger partial charge < -0.3 is 19.9 Å². The van der Waals surface area contributed by atoms with Gasteiger partial charge in [-0.05, 0) is 35.0 Å². The van der Waals surface area contributed by atoms with Gasteiger partial charge in [0.1, 0.15) is 5.75 Å². The first-order chi connectivity index (χ1) is 15.7. The van der Waals surface area contributed by atoms with E-state index in [0.717, 1.165) is 37.2 Å². The molecule has 5 nitrogen and oxygen atoms in total. The fraction of sp³-hybridized carbons (Fsp3) is 0.115. The van der Waals surface area contributed by atoms with Crippen molar-refractivity contribution in [1.29, 1.82) is 0 Å². The molecule has 0 saturated carbocycles. The van der Waals surface area contributed by atoms with Crippen LogP contribution in [0.4, 0.5) is 5.13 Å². The van der Waals surface area contributed by atoms with Crippen LogP contribution in [0.2, 0.25) is 0 Å². The molecule has 2 N–H and O–H groups in total. The molecule has 5 aromatic rings. The number of thiazole rings is 1. The summed E-state index contributed by atoms with van der Waals surface area (Å²) in [6.07, 6.45) is 0. The van der Waals surface area contributed by atoms with Crippen LogP contribution in [0.3, 0.4) is 0 Å². The lowest BCUT2D eigenvalue weighted by atomic mass is 9.92. The third-order valence-corrected chi connectivity index (χ3v) is 6.51. The van der Waals surface area contributed by atoms with Gasteiger partial charge in [0.05, 0.1) is 30.5 Å². The predicted molar refractivity (Wildman–Crippen MR) is 130 cm³/mol. The largest absolute Gasteiger partial charge is 0.508 e. The number of benzene rings is 4. The Kier molecular flexibility index (Phi) is 5.29. The highest BCUT2D eigenvalue weighted by Gasteiger charge is 2.26. The zero-order valence-corrected chi connectivity index (χ0v) is 18.5. The average Bonchev–Trinajstić information content (AvgIpc) is 3.25. The predicted octanol–water partition coefficient (Wildman–Crippen LogP) is 6.37. The van der Waals surface area contributed by atoms with Gasteiger partial charge in [-0.15, -0.1) is 0 Å². The molecule has 0 radical (unpaired) electrons. The molecule has 1 unspecified atom stereocenters. The van der Waals surface area contributed by atoms with Crippen molar-refractivity contribution in [3.05, 3.63) is 90.0 Å². The SMILES string of the molecule is COc1cccc(C(Nc2nc3ccccc3s2)c2c(O)ccc3ccccc23)c1OC. The van der Waals surface area contributed by atoms with E-state index in [1.165, 1.54) is 0 Å². The highest BCUT2D eigenvalue weighted by molar-refractivity contribution is 7.22. The summed E-state index contributed by atoms with van der Waals surface area (Å²) in [6, 6.07) is 25.0. The van der Waals surface area contributed by atoms with Crippen LogP contribution in [-0.2, 0) is 0 Å². The number of nitrogens with one attached hydrogen (secondary N) is 1. The molecule has 32 heavy (non-hydrogen) atoms. The van der Waals surface area contributed by atoms with Gasteiger partial charge >= 0.3 is 0 Å². The number of ether oxygens (including phenoxy) is 2. The van der Waals surface area contributed by atoms with Crippen molar-refractivity contribution < 1.29 is 14.6 Å². The molecule has 160 valence electrons. The van der Waals surface area contributed by atoms with Crippen molar-refractivity contribution in [2.24, 2.45) is 0 Å². The summed E-state index contributed by atoms with van der Waals surface area (Å²) in [4.78, 5) is 4.77. The summed E-state index contributed by atoms with van der Waals surface area (Å²) in [6.45, 7) is 0. The minimum Gasteiger partial charge on any atom is -0.508 e. The van der Waals surface area contributed by atoms with E-state index in [-0.39, 0.29) is 5.75 Å². The second kappa shape index (κ2) is 8.40. The fourth-order valence-corrected chi connectivity index (χ4v) is 4.98. The Balaban J connectivity index is 1.74. The van der Waals surface area contributed by atoms with E-state index in [2.05, 4.69) is 11.4 Å². The summed E-state index contributed by atoms with van der Waals surface area (Å²) in [5.74, 6) is 1.44. The number of para-hydroxylation sites is 2. The Hall–Kier alpha value is -3.77. The number of nitrogens with zero attached hydrogens (tertiary/aromatic N) is 1. The molecular weight excluding hydrogens is 420 g/mol. The van der Waals surface area contributed by atoms with Crippen LogP contribution in [-0.4, -0.2) is 24.3 Å². The smallest absolute Gasteiger partial charge is 0.184 e.